The van der Waals surface area contributed by atoms with Crippen LogP contribution in [-0.4, -0.2) is 33.3 Å². The Kier molecular flexibility index (Phi) is 6.81. The summed E-state index contributed by atoms with van der Waals surface area (Å²) in [6.45, 7) is 4.67. The van der Waals surface area contributed by atoms with Gasteiger partial charge in [-0.25, -0.2) is 19.3 Å². The van der Waals surface area contributed by atoms with Gasteiger partial charge in [0.25, 0.3) is 11.8 Å². The van der Waals surface area contributed by atoms with Crippen LogP contribution in [0.4, 0.5) is 15.2 Å². The second-order valence-electron chi connectivity index (χ2n) is 9.58. The molecule has 0 aliphatic carbocycles. The molecule has 3 aromatic carbocycles. The number of aryl methyl sites for hydroxylation is 2. The standard InChI is InChI=1S/C31H26FN5O2S/c1-3-23-24(4-2)34-26-16-21(7-11-25(26)33-23)29(38)36-31-35-27(17-40-31)19-8-12-28-20(15-19)13-14-37(28)30(39)18-5-9-22(32)10-6-18/h5-12,15-17H,3-4,13-14H2,1-2H3,(H,35,36,38). The first-order chi connectivity index (χ1) is 19.4. The number of aromatic nitrogens is 3. The second-order valence-corrected chi connectivity index (χ2v) is 10.4. The zero-order valence-corrected chi connectivity index (χ0v) is 22.9. The number of nitrogens with zero attached hydrogens (tertiary/aromatic N) is 4. The fourth-order valence-corrected chi connectivity index (χ4v) is 5.70. The number of anilines is 2. The lowest BCUT2D eigenvalue weighted by Gasteiger charge is -2.17. The average Bonchev–Trinajstić information content (AvgIpc) is 3.63. The van der Waals surface area contributed by atoms with Gasteiger partial charge in [-0.1, -0.05) is 19.9 Å². The monoisotopic (exact) mass is 551 g/mol. The predicted octanol–water partition coefficient (Wildman–Crippen LogP) is 6.47. The Labute approximate surface area is 234 Å². The highest BCUT2D eigenvalue weighted by Gasteiger charge is 2.26. The van der Waals surface area contributed by atoms with E-state index in [1.165, 1.54) is 35.6 Å². The Balaban J connectivity index is 1.18. The van der Waals surface area contributed by atoms with E-state index >= 15 is 0 Å². The molecule has 1 aliphatic rings. The smallest absolute Gasteiger partial charge is 0.258 e. The van der Waals surface area contributed by atoms with Crippen LogP contribution in [0, 0.1) is 5.82 Å². The first-order valence-electron chi connectivity index (χ1n) is 13.2. The highest BCUT2D eigenvalue weighted by Crippen LogP contribution is 2.34. The zero-order chi connectivity index (χ0) is 27.8. The molecule has 2 amide bonds. The van der Waals surface area contributed by atoms with Crippen molar-refractivity contribution in [2.75, 3.05) is 16.8 Å². The Hall–Kier alpha value is -4.50. The molecule has 9 heteroatoms. The summed E-state index contributed by atoms with van der Waals surface area (Å²) in [5.41, 5.74) is 7.90. The van der Waals surface area contributed by atoms with Crippen LogP contribution in [-0.2, 0) is 19.3 Å². The van der Waals surface area contributed by atoms with Crippen LogP contribution < -0.4 is 10.2 Å². The van der Waals surface area contributed by atoms with Gasteiger partial charge in [0, 0.05) is 34.3 Å². The van der Waals surface area contributed by atoms with Gasteiger partial charge in [0.2, 0.25) is 0 Å². The molecule has 0 spiro atoms. The molecule has 6 rings (SSSR count). The molecule has 0 unspecified atom stereocenters. The number of thiazole rings is 1. The maximum atomic E-state index is 13.3. The Bertz CT molecular complexity index is 1770. The number of carbonyl (C=O) groups is 2. The van der Waals surface area contributed by atoms with Gasteiger partial charge in [0.05, 0.1) is 28.1 Å². The van der Waals surface area contributed by atoms with Crippen molar-refractivity contribution in [3.8, 4) is 11.3 Å². The van der Waals surface area contributed by atoms with Gasteiger partial charge in [0.15, 0.2) is 5.13 Å². The Morgan fingerprint density at radius 3 is 2.38 bits per heavy atom. The number of hydrogen-bond donors (Lipinski definition) is 1. The van der Waals surface area contributed by atoms with Crippen LogP contribution in [0.3, 0.4) is 0 Å². The molecule has 7 nitrogen and oxygen atoms in total. The molecule has 0 bridgehead atoms. The second kappa shape index (κ2) is 10.6. The predicted molar refractivity (Wildman–Crippen MR) is 156 cm³/mol. The summed E-state index contributed by atoms with van der Waals surface area (Å²) >= 11 is 1.35. The van der Waals surface area contributed by atoms with Crippen molar-refractivity contribution in [2.24, 2.45) is 0 Å². The van der Waals surface area contributed by atoms with E-state index in [1.54, 1.807) is 17.0 Å². The van der Waals surface area contributed by atoms with E-state index in [2.05, 4.69) is 24.1 Å². The lowest BCUT2D eigenvalue weighted by Crippen LogP contribution is -2.28. The number of rotatable bonds is 6. The normalized spacial score (nSPS) is 12.5. The van der Waals surface area contributed by atoms with Crippen molar-refractivity contribution in [2.45, 2.75) is 33.1 Å². The number of halogens is 1. The Morgan fingerprint density at radius 2 is 1.62 bits per heavy atom. The number of fused-ring (bicyclic) bond motifs is 2. The van der Waals surface area contributed by atoms with Crippen LogP contribution in [0.1, 0.15) is 51.5 Å². The largest absolute Gasteiger partial charge is 0.308 e. The van der Waals surface area contributed by atoms with Crippen molar-refractivity contribution in [3.05, 3.63) is 99.9 Å². The van der Waals surface area contributed by atoms with Gasteiger partial charge in [-0.15, -0.1) is 11.3 Å². The lowest BCUT2D eigenvalue weighted by atomic mass is 10.1. The minimum absolute atomic E-state index is 0.151. The highest BCUT2D eigenvalue weighted by molar-refractivity contribution is 7.14. The average molecular weight is 552 g/mol. The molecule has 0 fully saturated rings. The van der Waals surface area contributed by atoms with Crippen LogP contribution in [0.5, 0.6) is 0 Å². The van der Waals surface area contributed by atoms with Crippen LogP contribution in [0.15, 0.2) is 66.0 Å². The SMILES string of the molecule is CCc1nc2ccc(C(=O)Nc3nc(-c4ccc5c(c4)CCN5C(=O)c4ccc(F)cc4)cs3)cc2nc1CC. The van der Waals surface area contributed by atoms with Gasteiger partial charge in [-0.05, 0) is 79.4 Å². The van der Waals surface area contributed by atoms with Gasteiger partial charge >= 0.3 is 0 Å². The van der Waals surface area contributed by atoms with Crippen molar-refractivity contribution >= 4 is 45.0 Å². The molecule has 1 N–H and O–H groups in total. The molecule has 200 valence electrons. The van der Waals surface area contributed by atoms with Crippen molar-refractivity contribution in [1.82, 2.24) is 15.0 Å². The van der Waals surface area contributed by atoms with Crippen molar-refractivity contribution < 1.29 is 14.0 Å². The molecule has 40 heavy (non-hydrogen) atoms. The van der Waals surface area contributed by atoms with Crippen LogP contribution in [0.2, 0.25) is 0 Å². The maximum Gasteiger partial charge on any atom is 0.258 e. The van der Waals surface area contributed by atoms with E-state index in [0.29, 0.717) is 34.7 Å². The molecule has 0 saturated heterocycles. The van der Waals surface area contributed by atoms with Crippen molar-refractivity contribution in [1.29, 1.82) is 0 Å². The lowest BCUT2D eigenvalue weighted by molar-refractivity contribution is 0.0987. The van der Waals surface area contributed by atoms with Gasteiger partial charge in [0.1, 0.15) is 5.82 Å². The minimum atomic E-state index is -0.371. The first-order valence-corrected chi connectivity index (χ1v) is 14.1. The third-order valence-corrected chi connectivity index (χ3v) is 7.84. The molecule has 0 saturated carbocycles. The number of benzene rings is 3. The van der Waals surface area contributed by atoms with Gasteiger partial charge in [-0.3, -0.25) is 14.9 Å². The topological polar surface area (TPSA) is 88.1 Å². The molecular weight excluding hydrogens is 525 g/mol. The summed E-state index contributed by atoms with van der Waals surface area (Å²) < 4.78 is 13.3. The van der Waals surface area contributed by atoms with Crippen LogP contribution in [0.25, 0.3) is 22.3 Å². The fraction of sp³-hybridized carbons (Fsp3) is 0.194. The van der Waals surface area contributed by atoms with E-state index in [0.717, 1.165) is 52.3 Å². The fourth-order valence-electron chi connectivity index (χ4n) is 4.99. The molecule has 3 heterocycles. The van der Waals surface area contributed by atoms with E-state index in [9.17, 15) is 14.0 Å². The van der Waals surface area contributed by atoms with Crippen LogP contribution >= 0.6 is 11.3 Å². The minimum Gasteiger partial charge on any atom is -0.308 e. The quantitative estimate of drug-likeness (QED) is 0.261. The van der Waals surface area contributed by atoms with Gasteiger partial charge < -0.3 is 4.90 Å². The summed E-state index contributed by atoms with van der Waals surface area (Å²) in [6, 6.07) is 16.8. The molecule has 5 aromatic rings. The Morgan fingerprint density at radius 1 is 0.900 bits per heavy atom. The van der Waals surface area contributed by atoms with E-state index in [4.69, 9.17) is 9.97 Å². The summed E-state index contributed by atoms with van der Waals surface area (Å²) in [6.07, 6.45) is 2.32. The number of nitrogens with one attached hydrogen (secondary N) is 1. The molecular formula is C31H26FN5O2S. The first kappa shape index (κ1) is 25.8. The number of carbonyl (C=O) groups excluding carboxylic acids is 2. The van der Waals surface area contributed by atoms with E-state index in [-0.39, 0.29) is 17.6 Å². The highest BCUT2D eigenvalue weighted by atomic mass is 32.1. The molecule has 1 aliphatic heterocycles. The number of amides is 2. The zero-order valence-electron chi connectivity index (χ0n) is 22.1. The summed E-state index contributed by atoms with van der Waals surface area (Å²) in [4.78, 5) is 41.8. The number of hydrogen-bond acceptors (Lipinski definition) is 6. The third kappa shape index (κ3) is 4.84. The third-order valence-electron chi connectivity index (χ3n) is 7.08. The van der Waals surface area contributed by atoms with Gasteiger partial charge in [-0.2, -0.15) is 0 Å². The maximum absolute atomic E-state index is 13.3. The summed E-state index contributed by atoms with van der Waals surface area (Å²) in [5, 5.41) is 5.30. The summed E-state index contributed by atoms with van der Waals surface area (Å²) in [5.74, 6) is -0.780. The van der Waals surface area contributed by atoms with Crippen molar-refractivity contribution in [3.63, 3.8) is 0 Å². The molecule has 0 radical (unpaired) electrons. The van der Waals surface area contributed by atoms with E-state index in [1.807, 2.05) is 29.6 Å². The van der Waals surface area contributed by atoms with E-state index < -0.39 is 0 Å². The molecule has 0 atom stereocenters. The molecule has 2 aromatic heterocycles. The summed E-state index contributed by atoms with van der Waals surface area (Å²) in [7, 11) is 0.